The van der Waals surface area contributed by atoms with Crippen molar-refractivity contribution in [1.29, 1.82) is 0 Å². The van der Waals surface area contributed by atoms with Crippen molar-refractivity contribution in [3.05, 3.63) is 25.3 Å². The maximum atomic E-state index is 9.00. The molecule has 102 valence electrons. The van der Waals surface area contributed by atoms with Gasteiger partial charge in [0.05, 0.1) is 13.2 Å². The number of carboxylic acid groups (broad SMARTS) is 1. The van der Waals surface area contributed by atoms with Crippen LogP contribution in [0.4, 0.5) is 0 Å². The molecule has 0 aliphatic heterocycles. The van der Waals surface area contributed by atoms with Crippen LogP contribution in [-0.2, 0) is 9.53 Å². The van der Waals surface area contributed by atoms with Crippen LogP contribution in [0.25, 0.3) is 0 Å². The number of aliphatic hydroxyl groups excluding tert-OH is 1. The van der Waals surface area contributed by atoms with Crippen molar-refractivity contribution in [3.63, 3.8) is 0 Å². The molecule has 0 fully saturated rings. The topological polar surface area (TPSA) is 87.0 Å². The van der Waals surface area contributed by atoms with Crippen molar-refractivity contribution in [1.82, 2.24) is 0 Å². The van der Waals surface area contributed by atoms with Crippen LogP contribution in [0.2, 0.25) is 0 Å². The molecule has 0 aliphatic carbocycles. The second kappa shape index (κ2) is 20.3. The van der Waals surface area contributed by atoms with E-state index in [1.54, 1.807) is 12.2 Å². The lowest BCUT2D eigenvalue weighted by Crippen LogP contribution is -2.01. The van der Waals surface area contributed by atoms with Gasteiger partial charge in [0.25, 0.3) is 5.97 Å². The lowest BCUT2D eigenvalue weighted by atomic mass is 10.3. The second-order valence-electron chi connectivity index (χ2n) is 2.90. The van der Waals surface area contributed by atoms with Gasteiger partial charge in [0.2, 0.25) is 0 Å². The molecular formula is C12H24O5. The maximum Gasteiger partial charge on any atom is 0.300 e. The number of ether oxygens (including phenoxy) is 1. The molecule has 5 heteroatoms. The van der Waals surface area contributed by atoms with E-state index in [9.17, 15) is 0 Å². The van der Waals surface area contributed by atoms with E-state index in [1.807, 2.05) is 6.92 Å². The first kappa shape index (κ1) is 21.1. The summed E-state index contributed by atoms with van der Waals surface area (Å²) in [6, 6.07) is 0. The lowest BCUT2D eigenvalue weighted by Gasteiger charge is -1.94. The van der Waals surface area contributed by atoms with E-state index in [0.717, 1.165) is 13.3 Å². The van der Waals surface area contributed by atoms with Crippen molar-refractivity contribution in [2.45, 2.75) is 33.0 Å². The molecule has 0 aliphatic rings. The van der Waals surface area contributed by atoms with Crippen molar-refractivity contribution < 1.29 is 24.9 Å². The molecular weight excluding hydrogens is 224 g/mol. The zero-order valence-electron chi connectivity index (χ0n) is 10.6. The Labute approximate surface area is 103 Å². The van der Waals surface area contributed by atoms with Gasteiger partial charge < -0.3 is 20.1 Å². The van der Waals surface area contributed by atoms with E-state index >= 15 is 0 Å². The molecule has 3 N–H and O–H groups in total. The second-order valence-corrected chi connectivity index (χ2v) is 2.90. The normalized spacial score (nSPS) is 8.29. The van der Waals surface area contributed by atoms with Gasteiger partial charge in [-0.15, -0.1) is 13.2 Å². The number of hydrogen-bond acceptors (Lipinski definition) is 4. The highest BCUT2D eigenvalue weighted by Gasteiger charge is 1.89. The van der Waals surface area contributed by atoms with Gasteiger partial charge in [0.1, 0.15) is 0 Å². The van der Waals surface area contributed by atoms with Crippen molar-refractivity contribution in [2.24, 2.45) is 0 Å². The summed E-state index contributed by atoms with van der Waals surface area (Å²) in [5.74, 6) is -0.833. The fraction of sp³-hybridized carbons (Fsp3) is 0.583. The first-order valence-electron chi connectivity index (χ1n) is 5.27. The molecule has 0 saturated heterocycles. The van der Waals surface area contributed by atoms with Gasteiger partial charge in [-0.05, 0) is 6.42 Å². The monoisotopic (exact) mass is 248 g/mol. The Morgan fingerprint density at radius 3 is 1.76 bits per heavy atom. The van der Waals surface area contributed by atoms with Gasteiger partial charge in [-0.25, -0.2) is 0 Å². The van der Waals surface area contributed by atoms with Gasteiger partial charge in [-0.1, -0.05) is 25.5 Å². The van der Waals surface area contributed by atoms with E-state index in [-0.39, 0.29) is 0 Å². The number of carbonyl (C=O) groups is 1. The Kier molecular flexibility index (Phi) is 25.2. The van der Waals surface area contributed by atoms with Gasteiger partial charge in [0, 0.05) is 6.92 Å². The van der Waals surface area contributed by atoms with Crippen molar-refractivity contribution >= 4 is 5.97 Å². The standard InChI is InChI=1S/C6H10O.C4H10O2.C2H4O2/c1-3-5-7-6-4-2;1-2-3-4(5)6;1-2(3)4/h3-4H,1-2,5-6H2;4-6H,2-3H2,1H3;1H3,(H,3,4). The molecule has 0 atom stereocenters. The molecule has 5 nitrogen and oxygen atoms in total. The van der Waals surface area contributed by atoms with E-state index in [0.29, 0.717) is 19.6 Å². The Bertz CT molecular complexity index is 166. The summed E-state index contributed by atoms with van der Waals surface area (Å²) in [5.41, 5.74) is 0. The molecule has 0 spiro atoms. The van der Waals surface area contributed by atoms with Gasteiger partial charge in [-0.2, -0.15) is 0 Å². The molecule has 0 unspecified atom stereocenters. The largest absolute Gasteiger partial charge is 0.481 e. The van der Waals surface area contributed by atoms with Gasteiger partial charge >= 0.3 is 0 Å². The van der Waals surface area contributed by atoms with Gasteiger partial charge in [-0.3, -0.25) is 4.79 Å². The fourth-order valence-electron chi connectivity index (χ4n) is 0.493. The van der Waals surface area contributed by atoms with Crippen LogP contribution in [0.3, 0.4) is 0 Å². The van der Waals surface area contributed by atoms with Crippen LogP contribution >= 0.6 is 0 Å². The van der Waals surface area contributed by atoms with Crippen molar-refractivity contribution in [2.75, 3.05) is 13.2 Å². The third kappa shape index (κ3) is 71.8. The minimum Gasteiger partial charge on any atom is -0.481 e. The minimum atomic E-state index is -1.10. The first-order chi connectivity index (χ1) is 7.92. The molecule has 0 rings (SSSR count). The molecule has 17 heavy (non-hydrogen) atoms. The summed E-state index contributed by atoms with van der Waals surface area (Å²) in [7, 11) is 0. The average molecular weight is 248 g/mol. The molecule has 0 aromatic heterocycles. The average Bonchev–Trinajstić information content (AvgIpc) is 2.18. The maximum absolute atomic E-state index is 9.00. The van der Waals surface area contributed by atoms with Crippen LogP contribution in [0.5, 0.6) is 0 Å². The third-order valence-corrected chi connectivity index (χ3v) is 1.02. The van der Waals surface area contributed by atoms with Crippen LogP contribution in [0.15, 0.2) is 25.3 Å². The number of hydrogen-bond donors (Lipinski definition) is 3. The molecule has 0 heterocycles. The highest BCUT2D eigenvalue weighted by molar-refractivity contribution is 5.62. The zero-order chi connectivity index (χ0) is 14.1. The summed E-state index contributed by atoms with van der Waals surface area (Å²) in [6.45, 7) is 11.2. The summed E-state index contributed by atoms with van der Waals surface area (Å²) >= 11 is 0. The molecule has 0 radical (unpaired) electrons. The van der Waals surface area contributed by atoms with Crippen LogP contribution in [-0.4, -0.2) is 40.8 Å². The minimum absolute atomic E-state index is 0.486. The quantitative estimate of drug-likeness (QED) is 0.377. The summed E-state index contributed by atoms with van der Waals surface area (Å²) in [4.78, 5) is 9.00. The zero-order valence-corrected chi connectivity index (χ0v) is 10.6. The SMILES string of the molecule is C=CCOCC=C.CC(=O)O.CCCC(O)O. The van der Waals surface area contributed by atoms with E-state index < -0.39 is 12.3 Å². The molecule has 0 bridgehead atoms. The molecule has 0 aromatic carbocycles. The first-order valence-corrected chi connectivity index (χ1v) is 5.27. The third-order valence-electron chi connectivity index (χ3n) is 1.02. The summed E-state index contributed by atoms with van der Waals surface area (Å²) in [5, 5.41) is 23.6. The van der Waals surface area contributed by atoms with Crippen LogP contribution in [0.1, 0.15) is 26.7 Å². The van der Waals surface area contributed by atoms with E-state index in [2.05, 4.69) is 13.2 Å². The Hall–Kier alpha value is -1.17. The van der Waals surface area contributed by atoms with Crippen LogP contribution < -0.4 is 0 Å². The number of rotatable bonds is 6. The summed E-state index contributed by atoms with van der Waals surface area (Å²) in [6.07, 6.45) is 3.64. The van der Waals surface area contributed by atoms with E-state index in [1.165, 1.54) is 0 Å². The number of aliphatic hydroxyl groups is 2. The van der Waals surface area contributed by atoms with Crippen molar-refractivity contribution in [3.8, 4) is 0 Å². The Balaban J connectivity index is -0.000000180. The number of carboxylic acids is 1. The van der Waals surface area contributed by atoms with Crippen LogP contribution in [0, 0.1) is 0 Å². The summed E-state index contributed by atoms with van der Waals surface area (Å²) < 4.78 is 4.90. The van der Waals surface area contributed by atoms with E-state index in [4.69, 9.17) is 24.9 Å². The fourth-order valence-corrected chi connectivity index (χ4v) is 0.493. The lowest BCUT2D eigenvalue weighted by molar-refractivity contribution is -0.134. The molecule has 0 saturated carbocycles. The number of aliphatic carboxylic acids is 1. The molecule has 0 aromatic rings. The predicted octanol–water partition coefficient (Wildman–Crippen LogP) is 1.56. The molecule has 0 amide bonds. The highest BCUT2D eigenvalue weighted by Crippen LogP contribution is 1.88. The Morgan fingerprint density at radius 1 is 1.29 bits per heavy atom. The highest BCUT2D eigenvalue weighted by atomic mass is 16.5. The Morgan fingerprint density at radius 2 is 1.65 bits per heavy atom. The predicted molar refractivity (Wildman–Crippen MR) is 67.7 cm³/mol. The van der Waals surface area contributed by atoms with Gasteiger partial charge in [0.15, 0.2) is 6.29 Å². The smallest absolute Gasteiger partial charge is 0.300 e.